The third kappa shape index (κ3) is 3.41. The van der Waals surface area contributed by atoms with Crippen molar-refractivity contribution in [2.24, 2.45) is 0 Å². The summed E-state index contributed by atoms with van der Waals surface area (Å²) < 4.78 is 11.5. The SMILES string of the molecule is COc1ccc(C(C)NCc2ccc(C#N)o2)cc1Br. The number of benzene rings is 1. The van der Waals surface area contributed by atoms with Crippen LogP contribution >= 0.6 is 15.9 Å². The molecule has 0 spiro atoms. The molecule has 1 aromatic heterocycles. The lowest BCUT2D eigenvalue weighted by Crippen LogP contribution is -2.17. The van der Waals surface area contributed by atoms with Gasteiger partial charge in [0.1, 0.15) is 17.6 Å². The van der Waals surface area contributed by atoms with Gasteiger partial charge in [-0.2, -0.15) is 5.26 Å². The highest BCUT2D eigenvalue weighted by Gasteiger charge is 2.09. The van der Waals surface area contributed by atoms with Crippen LogP contribution in [0.25, 0.3) is 0 Å². The monoisotopic (exact) mass is 334 g/mol. The van der Waals surface area contributed by atoms with Crippen LogP contribution in [0.15, 0.2) is 39.2 Å². The quantitative estimate of drug-likeness (QED) is 0.904. The van der Waals surface area contributed by atoms with Gasteiger partial charge in [-0.3, -0.25) is 0 Å². The van der Waals surface area contributed by atoms with Crippen molar-refractivity contribution in [1.29, 1.82) is 5.26 Å². The van der Waals surface area contributed by atoms with E-state index in [1.165, 1.54) is 0 Å². The Balaban J connectivity index is 1.99. The van der Waals surface area contributed by atoms with Crippen molar-refractivity contribution in [3.05, 3.63) is 51.9 Å². The number of rotatable bonds is 5. The summed E-state index contributed by atoms with van der Waals surface area (Å²) in [4.78, 5) is 0. The van der Waals surface area contributed by atoms with Gasteiger partial charge in [-0.05, 0) is 52.7 Å². The van der Waals surface area contributed by atoms with Crippen molar-refractivity contribution in [3.63, 3.8) is 0 Å². The summed E-state index contributed by atoms with van der Waals surface area (Å²) >= 11 is 3.48. The Hall–Kier alpha value is -1.77. The lowest BCUT2D eigenvalue weighted by molar-refractivity contribution is 0.411. The molecular weight excluding hydrogens is 320 g/mol. The molecular formula is C15H15BrN2O2. The molecule has 104 valence electrons. The maximum absolute atomic E-state index is 8.71. The van der Waals surface area contributed by atoms with E-state index >= 15 is 0 Å². The molecule has 5 heteroatoms. The summed E-state index contributed by atoms with van der Waals surface area (Å²) in [6.07, 6.45) is 0. The maximum Gasteiger partial charge on any atom is 0.203 e. The van der Waals surface area contributed by atoms with Gasteiger partial charge in [0, 0.05) is 6.04 Å². The molecule has 0 radical (unpaired) electrons. The first-order chi connectivity index (χ1) is 9.63. The van der Waals surface area contributed by atoms with E-state index in [1.807, 2.05) is 30.3 Å². The normalized spacial score (nSPS) is 11.9. The molecule has 0 saturated carbocycles. The maximum atomic E-state index is 8.71. The van der Waals surface area contributed by atoms with Gasteiger partial charge in [0.05, 0.1) is 18.1 Å². The molecule has 1 heterocycles. The second-order valence-corrected chi connectivity index (χ2v) is 5.23. The zero-order chi connectivity index (χ0) is 14.5. The summed E-state index contributed by atoms with van der Waals surface area (Å²) in [6.45, 7) is 2.65. The molecule has 1 unspecified atom stereocenters. The van der Waals surface area contributed by atoms with E-state index < -0.39 is 0 Å². The first-order valence-corrected chi connectivity index (χ1v) is 6.99. The van der Waals surface area contributed by atoms with Crippen LogP contribution in [-0.4, -0.2) is 7.11 Å². The Labute approximate surface area is 126 Å². The second kappa shape index (κ2) is 6.60. The van der Waals surface area contributed by atoms with E-state index in [2.05, 4.69) is 28.2 Å². The van der Waals surface area contributed by atoms with Crippen molar-refractivity contribution in [2.75, 3.05) is 7.11 Å². The molecule has 2 rings (SSSR count). The lowest BCUT2D eigenvalue weighted by atomic mass is 10.1. The summed E-state index contributed by atoms with van der Waals surface area (Å²) in [5.41, 5.74) is 1.14. The minimum absolute atomic E-state index is 0.160. The van der Waals surface area contributed by atoms with Gasteiger partial charge in [-0.25, -0.2) is 0 Å². The third-order valence-electron chi connectivity index (χ3n) is 3.03. The summed E-state index contributed by atoms with van der Waals surface area (Å²) in [5.74, 6) is 1.90. The molecule has 1 aromatic carbocycles. The van der Waals surface area contributed by atoms with Crippen LogP contribution in [0.4, 0.5) is 0 Å². The highest BCUT2D eigenvalue weighted by atomic mass is 79.9. The Bertz CT molecular complexity index is 631. The van der Waals surface area contributed by atoms with Crippen molar-refractivity contribution < 1.29 is 9.15 Å². The van der Waals surface area contributed by atoms with Crippen LogP contribution in [0.3, 0.4) is 0 Å². The molecule has 0 saturated heterocycles. The van der Waals surface area contributed by atoms with Crippen LogP contribution in [0.2, 0.25) is 0 Å². The van der Waals surface area contributed by atoms with Gasteiger partial charge in [0.2, 0.25) is 5.76 Å². The molecule has 2 aromatic rings. The third-order valence-corrected chi connectivity index (χ3v) is 3.65. The van der Waals surface area contributed by atoms with Gasteiger partial charge < -0.3 is 14.5 Å². The van der Waals surface area contributed by atoms with E-state index in [1.54, 1.807) is 13.2 Å². The van der Waals surface area contributed by atoms with Crippen molar-refractivity contribution in [1.82, 2.24) is 5.32 Å². The fourth-order valence-corrected chi connectivity index (χ4v) is 2.41. The molecule has 0 aliphatic rings. The highest BCUT2D eigenvalue weighted by Crippen LogP contribution is 2.28. The van der Waals surface area contributed by atoms with Crippen molar-refractivity contribution in [2.45, 2.75) is 19.5 Å². The van der Waals surface area contributed by atoms with Crippen LogP contribution < -0.4 is 10.1 Å². The Morgan fingerprint density at radius 2 is 2.20 bits per heavy atom. The standard InChI is InChI=1S/C15H15BrN2O2/c1-10(11-3-6-15(19-2)14(16)7-11)18-9-13-5-4-12(8-17)20-13/h3-7,10,18H,9H2,1-2H3. The predicted molar refractivity (Wildman–Crippen MR) is 79.4 cm³/mol. The second-order valence-electron chi connectivity index (χ2n) is 4.37. The molecule has 0 aliphatic heterocycles. The fraction of sp³-hybridized carbons (Fsp3) is 0.267. The first kappa shape index (κ1) is 14.6. The molecule has 0 amide bonds. The van der Waals surface area contributed by atoms with E-state index in [9.17, 15) is 0 Å². The number of nitrogens with one attached hydrogen (secondary N) is 1. The van der Waals surface area contributed by atoms with Gasteiger partial charge in [-0.15, -0.1) is 0 Å². The number of ether oxygens (including phenoxy) is 1. The van der Waals surface area contributed by atoms with Crippen LogP contribution in [0.1, 0.15) is 30.0 Å². The van der Waals surface area contributed by atoms with Gasteiger partial charge in [0.25, 0.3) is 0 Å². The van der Waals surface area contributed by atoms with E-state index in [4.69, 9.17) is 14.4 Å². The Morgan fingerprint density at radius 1 is 1.40 bits per heavy atom. The Morgan fingerprint density at radius 3 is 2.80 bits per heavy atom. The zero-order valence-corrected chi connectivity index (χ0v) is 12.9. The number of hydrogen-bond acceptors (Lipinski definition) is 4. The Kier molecular flexibility index (Phi) is 4.83. The van der Waals surface area contributed by atoms with Crippen LogP contribution in [0.5, 0.6) is 5.75 Å². The minimum Gasteiger partial charge on any atom is -0.496 e. The molecule has 1 atom stereocenters. The average Bonchev–Trinajstić information content (AvgIpc) is 2.92. The summed E-state index contributed by atoms with van der Waals surface area (Å²) in [7, 11) is 1.64. The molecule has 0 aliphatic carbocycles. The zero-order valence-electron chi connectivity index (χ0n) is 11.3. The largest absolute Gasteiger partial charge is 0.496 e. The van der Waals surface area contributed by atoms with Crippen LogP contribution in [-0.2, 0) is 6.54 Å². The average molecular weight is 335 g/mol. The van der Waals surface area contributed by atoms with Gasteiger partial charge in [0.15, 0.2) is 0 Å². The molecule has 4 nitrogen and oxygen atoms in total. The van der Waals surface area contributed by atoms with E-state index in [0.29, 0.717) is 12.3 Å². The molecule has 20 heavy (non-hydrogen) atoms. The first-order valence-electron chi connectivity index (χ1n) is 6.19. The van der Waals surface area contributed by atoms with Crippen molar-refractivity contribution in [3.8, 4) is 11.8 Å². The molecule has 0 fully saturated rings. The van der Waals surface area contributed by atoms with Crippen LogP contribution in [0, 0.1) is 11.3 Å². The smallest absolute Gasteiger partial charge is 0.203 e. The number of hydrogen-bond donors (Lipinski definition) is 1. The van der Waals surface area contributed by atoms with Crippen molar-refractivity contribution >= 4 is 15.9 Å². The minimum atomic E-state index is 0.160. The number of methoxy groups -OCH3 is 1. The predicted octanol–water partition coefficient (Wildman–Crippen LogP) is 3.77. The number of nitriles is 1. The van der Waals surface area contributed by atoms with E-state index in [0.717, 1.165) is 21.5 Å². The van der Waals surface area contributed by atoms with Gasteiger partial charge in [-0.1, -0.05) is 6.07 Å². The number of nitrogens with zero attached hydrogens (tertiary/aromatic N) is 1. The topological polar surface area (TPSA) is 58.2 Å². The lowest BCUT2D eigenvalue weighted by Gasteiger charge is -2.14. The summed E-state index contributed by atoms with van der Waals surface area (Å²) in [6, 6.07) is 11.6. The number of halogens is 1. The number of furan rings is 1. The van der Waals surface area contributed by atoms with E-state index in [-0.39, 0.29) is 6.04 Å². The molecule has 1 N–H and O–H groups in total. The summed E-state index contributed by atoms with van der Waals surface area (Å²) in [5, 5.41) is 12.1. The van der Waals surface area contributed by atoms with Gasteiger partial charge >= 0.3 is 0 Å². The fourth-order valence-electron chi connectivity index (χ4n) is 1.86. The molecule has 0 bridgehead atoms. The highest BCUT2D eigenvalue weighted by molar-refractivity contribution is 9.10.